The highest BCUT2D eigenvalue weighted by molar-refractivity contribution is 7.92. The van der Waals surface area contributed by atoms with Crippen LogP contribution in [0.1, 0.15) is 36.7 Å². The maximum absolute atomic E-state index is 13.5. The van der Waals surface area contributed by atoms with E-state index in [0.29, 0.717) is 35.7 Å². The third-order valence-corrected chi connectivity index (χ3v) is 12.0. The van der Waals surface area contributed by atoms with E-state index in [4.69, 9.17) is 4.43 Å². The number of carbonyl (C=O) groups is 1. The third kappa shape index (κ3) is 5.49. The fourth-order valence-corrected chi connectivity index (χ4v) is 5.62. The zero-order chi connectivity index (χ0) is 26.3. The van der Waals surface area contributed by atoms with Gasteiger partial charge in [-0.15, -0.1) is 0 Å². The monoisotopic (exact) mass is 522 g/mol. The minimum Gasteiger partial charge on any atom is -0.542 e. The Balaban J connectivity index is 1.67. The van der Waals surface area contributed by atoms with Crippen LogP contribution >= 0.6 is 0 Å². The van der Waals surface area contributed by atoms with Crippen molar-refractivity contribution < 1.29 is 17.6 Å². The molecule has 0 saturated heterocycles. The highest BCUT2D eigenvalue weighted by Gasteiger charge is 2.39. The van der Waals surface area contributed by atoms with Crippen LogP contribution in [0.25, 0.3) is 11.1 Å². The van der Waals surface area contributed by atoms with Crippen LogP contribution in [0.2, 0.25) is 18.1 Å². The number of nitrogens with one attached hydrogen (secondary N) is 1. The smallest absolute Gasteiger partial charge is 0.258 e. The second-order valence-corrected chi connectivity index (χ2v) is 17.3. The van der Waals surface area contributed by atoms with Crippen molar-refractivity contribution in [1.29, 1.82) is 0 Å². The molecule has 6 nitrogen and oxygen atoms in total. The van der Waals surface area contributed by atoms with Gasteiger partial charge in [-0.25, -0.2) is 8.42 Å². The summed E-state index contributed by atoms with van der Waals surface area (Å²) in [6.07, 6.45) is 1.82. The number of fused-ring (bicyclic) bond motifs is 1. The van der Waals surface area contributed by atoms with Crippen LogP contribution in [0.4, 0.5) is 11.4 Å². The van der Waals surface area contributed by atoms with Crippen LogP contribution in [-0.4, -0.2) is 35.4 Å². The minimum atomic E-state index is -3.55. The standard InChI is InChI=1S/C28H34N2O4SSi/c1-28(2,3)36(5,6)34-26-15-13-23(19-25(26)29-35(4,32)33)30-17-16-22-18-21(12-14-24(22)27(30)31)20-10-8-7-9-11-20/h7-15,18-19,29H,16-17H2,1-6H3. The number of anilines is 2. The first-order valence-electron chi connectivity index (χ1n) is 12.1. The minimum absolute atomic E-state index is 0.0564. The lowest BCUT2D eigenvalue weighted by Gasteiger charge is -2.37. The number of amides is 1. The first-order chi connectivity index (χ1) is 16.7. The summed E-state index contributed by atoms with van der Waals surface area (Å²) in [5.41, 5.74) is 4.86. The topological polar surface area (TPSA) is 75.7 Å². The van der Waals surface area contributed by atoms with E-state index in [9.17, 15) is 13.2 Å². The van der Waals surface area contributed by atoms with Gasteiger partial charge in [0.15, 0.2) is 0 Å². The van der Waals surface area contributed by atoms with Crippen molar-refractivity contribution >= 4 is 35.6 Å². The van der Waals surface area contributed by atoms with Gasteiger partial charge in [0.2, 0.25) is 10.0 Å². The fourth-order valence-electron chi connectivity index (χ4n) is 4.03. The van der Waals surface area contributed by atoms with E-state index < -0.39 is 18.3 Å². The number of nitrogens with zero attached hydrogens (tertiary/aromatic N) is 1. The van der Waals surface area contributed by atoms with Gasteiger partial charge in [-0.3, -0.25) is 9.52 Å². The van der Waals surface area contributed by atoms with Crippen LogP contribution in [-0.2, 0) is 16.4 Å². The van der Waals surface area contributed by atoms with Crippen LogP contribution in [0.5, 0.6) is 5.75 Å². The maximum Gasteiger partial charge on any atom is 0.258 e. The van der Waals surface area contributed by atoms with Crippen LogP contribution in [0.3, 0.4) is 0 Å². The van der Waals surface area contributed by atoms with E-state index >= 15 is 0 Å². The lowest BCUT2D eigenvalue weighted by Crippen LogP contribution is -2.44. The summed E-state index contributed by atoms with van der Waals surface area (Å²) < 4.78 is 33.3. The summed E-state index contributed by atoms with van der Waals surface area (Å²) in [4.78, 5) is 15.2. The summed E-state index contributed by atoms with van der Waals surface area (Å²) in [5.74, 6) is 0.382. The number of carbonyl (C=O) groups excluding carboxylic acids is 1. The van der Waals surface area contributed by atoms with Gasteiger partial charge in [0.25, 0.3) is 14.2 Å². The molecule has 0 fully saturated rings. The average molecular weight is 523 g/mol. The molecule has 36 heavy (non-hydrogen) atoms. The molecule has 1 N–H and O–H groups in total. The molecule has 1 heterocycles. The third-order valence-electron chi connectivity index (χ3n) is 7.03. The quantitative estimate of drug-likeness (QED) is 0.385. The second-order valence-electron chi connectivity index (χ2n) is 10.9. The first kappa shape index (κ1) is 26.0. The molecule has 3 aromatic rings. The Kier molecular flexibility index (Phi) is 6.79. The Hall–Kier alpha value is -3.10. The van der Waals surface area contributed by atoms with Crippen molar-refractivity contribution in [2.45, 2.75) is 45.3 Å². The predicted molar refractivity (Wildman–Crippen MR) is 150 cm³/mol. The maximum atomic E-state index is 13.5. The molecule has 190 valence electrons. The van der Waals surface area contributed by atoms with Gasteiger partial charge >= 0.3 is 0 Å². The van der Waals surface area contributed by atoms with Gasteiger partial charge in [0.05, 0.1) is 11.9 Å². The van der Waals surface area contributed by atoms with Crippen molar-refractivity contribution in [3.8, 4) is 16.9 Å². The Morgan fingerprint density at radius 1 is 0.944 bits per heavy atom. The molecule has 0 bridgehead atoms. The Labute approximate surface area is 215 Å². The second kappa shape index (κ2) is 9.41. The Morgan fingerprint density at radius 2 is 1.64 bits per heavy atom. The average Bonchev–Trinajstić information content (AvgIpc) is 2.79. The summed E-state index contributed by atoms with van der Waals surface area (Å²) in [5, 5.41) is -0.0564. The summed E-state index contributed by atoms with van der Waals surface area (Å²) in [6.45, 7) is 11.1. The molecule has 4 rings (SSSR count). The Bertz CT molecular complexity index is 1400. The number of hydrogen-bond donors (Lipinski definition) is 1. The molecule has 0 unspecified atom stereocenters. The molecule has 0 atom stereocenters. The summed E-state index contributed by atoms with van der Waals surface area (Å²) >= 11 is 0. The highest BCUT2D eigenvalue weighted by Crippen LogP contribution is 2.41. The van der Waals surface area contributed by atoms with E-state index in [2.05, 4.69) is 56.8 Å². The van der Waals surface area contributed by atoms with Gasteiger partial charge < -0.3 is 9.33 Å². The molecule has 0 aromatic heterocycles. The van der Waals surface area contributed by atoms with Gasteiger partial charge in [-0.1, -0.05) is 63.2 Å². The van der Waals surface area contributed by atoms with Gasteiger partial charge in [-0.05, 0) is 65.5 Å². The van der Waals surface area contributed by atoms with E-state index in [-0.39, 0.29) is 10.9 Å². The summed E-state index contributed by atoms with van der Waals surface area (Å²) in [6, 6.07) is 21.4. The largest absolute Gasteiger partial charge is 0.542 e. The SMILES string of the molecule is CC(C)(C)[Si](C)(C)Oc1ccc(N2CCc3cc(-c4ccccc4)ccc3C2=O)cc1NS(C)(=O)=O. The molecule has 0 spiro atoms. The molecule has 8 heteroatoms. The van der Waals surface area contributed by atoms with E-state index in [1.165, 1.54) is 0 Å². The van der Waals surface area contributed by atoms with Crippen LogP contribution in [0, 0.1) is 0 Å². The molecule has 3 aromatic carbocycles. The fraction of sp³-hybridized carbons (Fsp3) is 0.321. The van der Waals surface area contributed by atoms with Crippen molar-refractivity contribution in [2.75, 3.05) is 22.4 Å². The molecular weight excluding hydrogens is 488 g/mol. The highest BCUT2D eigenvalue weighted by atomic mass is 32.2. The molecule has 1 aliphatic heterocycles. The normalized spacial score (nSPS) is 14.4. The molecule has 0 radical (unpaired) electrons. The number of hydrogen-bond acceptors (Lipinski definition) is 4. The van der Waals surface area contributed by atoms with Crippen molar-refractivity contribution in [1.82, 2.24) is 0 Å². The van der Waals surface area contributed by atoms with Gasteiger partial charge in [0, 0.05) is 17.8 Å². The Morgan fingerprint density at radius 3 is 2.28 bits per heavy atom. The van der Waals surface area contributed by atoms with Gasteiger partial charge in [-0.2, -0.15) is 0 Å². The number of benzene rings is 3. The van der Waals surface area contributed by atoms with Crippen molar-refractivity contribution in [3.05, 3.63) is 77.9 Å². The molecule has 0 saturated carbocycles. The molecular formula is C28H34N2O4SSi. The van der Waals surface area contributed by atoms with Gasteiger partial charge in [0.1, 0.15) is 5.75 Å². The van der Waals surface area contributed by atoms with Crippen molar-refractivity contribution in [2.24, 2.45) is 0 Å². The van der Waals surface area contributed by atoms with E-state index in [1.807, 2.05) is 36.4 Å². The van der Waals surface area contributed by atoms with E-state index in [1.54, 1.807) is 17.0 Å². The molecule has 1 amide bonds. The van der Waals surface area contributed by atoms with Crippen LogP contribution in [0.15, 0.2) is 66.7 Å². The number of sulfonamides is 1. The lowest BCUT2D eigenvalue weighted by atomic mass is 9.94. The zero-order valence-corrected chi connectivity index (χ0v) is 23.6. The molecule has 0 aliphatic carbocycles. The zero-order valence-electron chi connectivity index (χ0n) is 21.8. The van der Waals surface area contributed by atoms with Crippen molar-refractivity contribution in [3.63, 3.8) is 0 Å². The first-order valence-corrected chi connectivity index (χ1v) is 16.9. The predicted octanol–water partition coefficient (Wildman–Crippen LogP) is 6.31. The molecule has 1 aliphatic rings. The summed E-state index contributed by atoms with van der Waals surface area (Å²) in [7, 11) is -5.77. The lowest BCUT2D eigenvalue weighted by molar-refractivity contribution is 0.0980. The number of rotatable bonds is 6. The van der Waals surface area contributed by atoms with E-state index in [0.717, 1.165) is 22.9 Å². The van der Waals surface area contributed by atoms with Crippen LogP contribution < -0.4 is 14.0 Å².